The number of amides is 1. The zero-order valence-corrected chi connectivity index (χ0v) is 14.7. The predicted octanol–water partition coefficient (Wildman–Crippen LogP) is 1.13. The molecule has 0 atom stereocenters. The Balaban J connectivity index is 1.40. The maximum Gasteiger partial charge on any atom is 0.272 e. The van der Waals surface area contributed by atoms with E-state index in [9.17, 15) is 9.59 Å². The van der Waals surface area contributed by atoms with Crippen molar-refractivity contribution in [2.24, 2.45) is 0 Å². The van der Waals surface area contributed by atoms with Gasteiger partial charge < -0.3 is 4.90 Å². The van der Waals surface area contributed by atoms with Crippen LogP contribution in [0.5, 0.6) is 0 Å². The number of piperidine rings is 1. The molecule has 134 valence electrons. The number of aromatic nitrogens is 3. The summed E-state index contributed by atoms with van der Waals surface area (Å²) in [6.45, 7) is 6.05. The third kappa shape index (κ3) is 3.33. The van der Waals surface area contributed by atoms with E-state index >= 15 is 0 Å². The zero-order chi connectivity index (χ0) is 17.4. The first kappa shape index (κ1) is 16.3. The predicted molar refractivity (Wildman–Crippen MR) is 94.8 cm³/mol. The van der Waals surface area contributed by atoms with Gasteiger partial charge in [0.1, 0.15) is 0 Å². The van der Waals surface area contributed by atoms with Crippen molar-refractivity contribution in [3.63, 3.8) is 0 Å². The third-order valence-corrected chi connectivity index (χ3v) is 5.42. The molecular formula is C18H25N5O2. The van der Waals surface area contributed by atoms with Crippen molar-refractivity contribution in [1.29, 1.82) is 0 Å². The van der Waals surface area contributed by atoms with Crippen LogP contribution in [0.3, 0.4) is 0 Å². The number of likely N-dealkylation sites (tertiary alicyclic amines) is 2. The molecule has 25 heavy (non-hydrogen) atoms. The highest BCUT2D eigenvalue weighted by Gasteiger charge is 2.26. The number of aryl methyl sites for hydroxylation is 1. The third-order valence-electron chi connectivity index (χ3n) is 5.42. The lowest BCUT2D eigenvalue weighted by Gasteiger charge is -2.32. The van der Waals surface area contributed by atoms with Crippen LogP contribution < -0.4 is 5.56 Å². The topological polar surface area (TPSA) is 73.7 Å². The number of nitrogens with one attached hydrogen (secondary N) is 1. The maximum atomic E-state index is 12.3. The number of hydrogen-bond acceptors (Lipinski definition) is 4. The van der Waals surface area contributed by atoms with Crippen LogP contribution >= 0.6 is 0 Å². The number of nitrogens with zero attached hydrogens (tertiary/aromatic N) is 4. The molecule has 7 heteroatoms. The van der Waals surface area contributed by atoms with Crippen molar-refractivity contribution in [3.05, 3.63) is 33.9 Å². The van der Waals surface area contributed by atoms with Gasteiger partial charge in [-0.15, -0.1) is 0 Å². The Morgan fingerprint density at radius 1 is 1.20 bits per heavy atom. The number of carbonyl (C=O) groups is 1. The van der Waals surface area contributed by atoms with Crippen LogP contribution in [0.4, 0.5) is 0 Å². The van der Waals surface area contributed by atoms with E-state index in [1.54, 1.807) is 6.07 Å². The molecular weight excluding hydrogens is 318 g/mol. The van der Waals surface area contributed by atoms with Crippen molar-refractivity contribution in [1.82, 2.24) is 24.4 Å². The summed E-state index contributed by atoms with van der Waals surface area (Å²) in [5.74, 6) is 0.558. The monoisotopic (exact) mass is 343 g/mol. The van der Waals surface area contributed by atoms with E-state index in [0.29, 0.717) is 18.1 Å². The largest absolute Gasteiger partial charge is 0.342 e. The van der Waals surface area contributed by atoms with E-state index in [4.69, 9.17) is 0 Å². The van der Waals surface area contributed by atoms with Crippen molar-refractivity contribution >= 4 is 11.6 Å². The Morgan fingerprint density at radius 2 is 1.92 bits per heavy atom. The summed E-state index contributed by atoms with van der Waals surface area (Å²) in [4.78, 5) is 33.4. The molecule has 0 aromatic carbocycles. The molecule has 1 N–H and O–H groups in total. The van der Waals surface area contributed by atoms with Crippen LogP contribution in [0.25, 0.3) is 5.65 Å². The van der Waals surface area contributed by atoms with E-state index in [2.05, 4.69) is 15.0 Å². The second-order valence-electron chi connectivity index (χ2n) is 7.29. The number of hydrogen-bond donors (Lipinski definition) is 1. The second-order valence-corrected chi connectivity index (χ2v) is 7.29. The summed E-state index contributed by atoms with van der Waals surface area (Å²) < 4.78 is 1.49. The van der Waals surface area contributed by atoms with Gasteiger partial charge in [0.25, 0.3) is 5.56 Å². The molecule has 2 aromatic heterocycles. The van der Waals surface area contributed by atoms with Gasteiger partial charge in [0.05, 0.1) is 12.2 Å². The maximum absolute atomic E-state index is 12.3. The minimum absolute atomic E-state index is 0.0558. The van der Waals surface area contributed by atoms with Gasteiger partial charge in [-0.25, -0.2) is 9.50 Å². The highest BCUT2D eigenvalue weighted by molar-refractivity contribution is 5.78. The summed E-state index contributed by atoms with van der Waals surface area (Å²) in [7, 11) is 0. The van der Waals surface area contributed by atoms with E-state index in [-0.39, 0.29) is 11.5 Å². The molecule has 2 aliphatic heterocycles. The van der Waals surface area contributed by atoms with Gasteiger partial charge in [-0.05, 0) is 45.7 Å². The molecule has 7 nitrogen and oxygen atoms in total. The van der Waals surface area contributed by atoms with Crippen molar-refractivity contribution < 1.29 is 4.79 Å². The van der Waals surface area contributed by atoms with Gasteiger partial charge in [-0.2, -0.15) is 0 Å². The Kier molecular flexibility index (Phi) is 4.33. The van der Waals surface area contributed by atoms with E-state index in [1.807, 2.05) is 17.9 Å². The molecule has 2 fully saturated rings. The molecule has 0 spiro atoms. The zero-order valence-electron chi connectivity index (χ0n) is 14.7. The molecule has 0 bridgehead atoms. The summed E-state index contributed by atoms with van der Waals surface area (Å²) in [5, 5.41) is 3.00. The first-order chi connectivity index (χ1) is 12.1. The molecule has 1 amide bonds. The smallest absolute Gasteiger partial charge is 0.272 e. The van der Waals surface area contributed by atoms with Gasteiger partial charge >= 0.3 is 0 Å². The fraction of sp³-hybridized carbons (Fsp3) is 0.611. The van der Waals surface area contributed by atoms with Crippen LogP contribution in [0.1, 0.15) is 43.0 Å². The van der Waals surface area contributed by atoms with E-state index in [1.165, 1.54) is 4.52 Å². The minimum atomic E-state index is -0.0558. The Labute approximate surface area is 146 Å². The van der Waals surface area contributed by atoms with Gasteiger partial charge in [0.15, 0.2) is 5.65 Å². The van der Waals surface area contributed by atoms with Crippen LogP contribution in [0, 0.1) is 6.92 Å². The number of carbonyl (C=O) groups excluding carboxylic acids is 1. The highest BCUT2D eigenvalue weighted by atomic mass is 16.2. The van der Waals surface area contributed by atoms with Gasteiger partial charge in [-0.3, -0.25) is 19.6 Å². The number of fused-ring (bicyclic) bond motifs is 1. The average molecular weight is 343 g/mol. The molecule has 2 aliphatic rings. The molecule has 4 rings (SSSR count). The molecule has 0 radical (unpaired) electrons. The van der Waals surface area contributed by atoms with Crippen molar-refractivity contribution in [2.45, 2.75) is 38.5 Å². The molecule has 2 aromatic rings. The Hall–Kier alpha value is -2.15. The highest BCUT2D eigenvalue weighted by Crippen LogP contribution is 2.26. The lowest BCUT2D eigenvalue weighted by molar-refractivity contribution is -0.131. The molecule has 0 unspecified atom stereocenters. The normalized spacial score (nSPS) is 19.8. The quantitative estimate of drug-likeness (QED) is 0.907. The van der Waals surface area contributed by atoms with Crippen LogP contribution in [-0.2, 0) is 4.79 Å². The van der Waals surface area contributed by atoms with Gasteiger partial charge in [0.2, 0.25) is 5.91 Å². The molecule has 2 saturated heterocycles. The SMILES string of the molecule is Cc1cc2nc(C3CCN(CC(=O)N4CCCC4)CC3)cc(=O)n2[nH]1. The first-order valence-electron chi connectivity index (χ1n) is 9.19. The fourth-order valence-corrected chi connectivity index (χ4v) is 3.98. The lowest BCUT2D eigenvalue weighted by atomic mass is 9.93. The summed E-state index contributed by atoms with van der Waals surface area (Å²) in [6.07, 6.45) is 4.16. The first-order valence-corrected chi connectivity index (χ1v) is 9.19. The molecule has 4 heterocycles. The summed E-state index contributed by atoms with van der Waals surface area (Å²) in [6, 6.07) is 3.55. The van der Waals surface area contributed by atoms with Crippen LogP contribution in [0.15, 0.2) is 16.9 Å². The molecule has 0 saturated carbocycles. The Bertz CT molecular complexity index is 826. The number of aromatic amines is 1. The van der Waals surface area contributed by atoms with Gasteiger partial charge in [0, 0.05) is 36.8 Å². The van der Waals surface area contributed by atoms with E-state index in [0.717, 1.165) is 63.3 Å². The summed E-state index contributed by atoms with van der Waals surface area (Å²) >= 11 is 0. The lowest BCUT2D eigenvalue weighted by Crippen LogP contribution is -2.42. The second kappa shape index (κ2) is 6.63. The van der Waals surface area contributed by atoms with Gasteiger partial charge in [-0.1, -0.05) is 0 Å². The standard InChI is InChI=1S/C18H25N5O2/c1-13-10-16-19-15(11-17(24)23(16)20-13)14-4-8-21(9-5-14)12-18(25)22-6-2-3-7-22/h10-11,14,20H,2-9,12H2,1H3. The molecule has 0 aliphatic carbocycles. The fourth-order valence-electron chi connectivity index (χ4n) is 3.98. The van der Waals surface area contributed by atoms with Crippen molar-refractivity contribution in [3.8, 4) is 0 Å². The minimum Gasteiger partial charge on any atom is -0.342 e. The average Bonchev–Trinajstić information content (AvgIpc) is 3.24. The van der Waals surface area contributed by atoms with E-state index < -0.39 is 0 Å². The Morgan fingerprint density at radius 3 is 2.64 bits per heavy atom. The van der Waals surface area contributed by atoms with Crippen LogP contribution in [0.2, 0.25) is 0 Å². The van der Waals surface area contributed by atoms with Crippen LogP contribution in [-0.4, -0.2) is 63.0 Å². The summed E-state index contributed by atoms with van der Waals surface area (Å²) in [5.41, 5.74) is 2.44. The number of rotatable bonds is 3. The van der Waals surface area contributed by atoms with Crippen molar-refractivity contribution in [2.75, 3.05) is 32.7 Å². The number of H-pyrrole nitrogens is 1.